The fourth-order valence-electron chi connectivity index (χ4n) is 2.30. The Morgan fingerprint density at radius 2 is 1.93 bits per heavy atom. The van der Waals surface area contributed by atoms with Gasteiger partial charge in [-0.3, -0.25) is 15.2 Å². The van der Waals surface area contributed by atoms with Gasteiger partial charge in [-0.25, -0.2) is 5.01 Å². The van der Waals surface area contributed by atoms with Crippen molar-refractivity contribution in [1.29, 1.82) is 0 Å². The summed E-state index contributed by atoms with van der Waals surface area (Å²) in [6.07, 6.45) is 3.39. The van der Waals surface area contributed by atoms with Crippen molar-refractivity contribution in [1.82, 2.24) is 25.2 Å². The van der Waals surface area contributed by atoms with Crippen molar-refractivity contribution in [2.24, 2.45) is 12.8 Å². The first-order valence-electron chi connectivity index (χ1n) is 7.93. The molecule has 0 aliphatic heterocycles. The van der Waals surface area contributed by atoms with E-state index in [9.17, 15) is 4.79 Å². The summed E-state index contributed by atoms with van der Waals surface area (Å²) in [6.45, 7) is 0. The predicted octanol–water partition coefficient (Wildman–Crippen LogP) is 1.75. The van der Waals surface area contributed by atoms with Crippen molar-refractivity contribution < 1.29 is 4.79 Å². The number of rotatable bonds is 5. The van der Waals surface area contributed by atoms with E-state index in [0.717, 1.165) is 5.56 Å². The van der Waals surface area contributed by atoms with Gasteiger partial charge in [0.15, 0.2) is 16.1 Å². The molecule has 8 nitrogen and oxygen atoms in total. The summed E-state index contributed by atoms with van der Waals surface area (Å²) in [5.41, 5.74) is 10.0. The Hall–Kier alpha value is -2.98. The molecule has 0 spiro atoms. The molecule has 3 aromatic rings. The first-order valence-corrected chi connectivity index (χ1v) is 9.32. The number of thioether (sulfide) groups is 1. The highest BCUT2D eigenvalue weighted by Crippen LogP contribution is 2.22. The first-order chi connectivity index (χ1) is 13.1. The summed E-state index contributed by atoms with van der Waals surface area (Å²) in [6, 6.07) is 12.8. The summed E-state index contributed by atoms with van der Waals surface area (Å²) < 4.78 is 1.83. The van der Waals surface area contributed by atoms with Crippen molar-refractivity contribution in [2.75, 3.05) is 10.8 Å². The van der Waals surface area contributed by atoms with Crippen molar-refractivity contribution in [3.8, 4) is 11.4 Å². The van der Waals surface area contributed by atoms with E-state index < -0.39 is 0 Å². The normalized spacial score (nSPS) is 10.4. The first kappa shape index (κ1) is 18.8. The summed E-state index contributed by atoms with van der Waals surface area (Å²) in [4.78, 5) is 16.3. The van der Waals surface area contributed by atoms with Crippen LogP contribution in [0.15, 0.2) is 60.0 Å². The number of pyridine rings is 1. The van der Waals surface area contributed by atoms with Crippen molar-refractivity contribution in [3.63, 3.8) is 0 Å². The lowest BCUT2D eigenvalue weighted by molar-refractivity contribution is -0.118. The summed E-state index contributed by atoms with van der Waals surface area (Å²) in [7, 11) is 1.85. The molecule has 0 saturated carbocycles. The predicted molar refractivity (Wildman–Crippen MR) is 109 cm³/mol. The van der Waals surface area contributed by atoms with Crippen LogP contribution in [-0.2, 0) is 11.8 Å². The molecule has 0 bridgehead atoms. The van der Waals surface area contributed by atoms with Crippen LogP contribution < -0.4 is 16.2 Å². The number of thiocarbonyl (C=S) groups is 1. The van der Waals surface area contributed by atoms with Gasteiger partial charge >= 0.3 is 0 Å². The van der Waals surface area contributed by atoms with Crippen molar-refractivity contribution in [2.45, 2.75) is 5.16 Å². The SMILES string of the molecule is Cn1c(SCC(=O)NN(C(N)=S)c2ccccc2)nnc1-c1ccncc1. The minimum atomic E-state index is -0.259. The van der Waals surface area contributed by atoms with Crippen LogP contribution in [0.5, 0.6) is 0 Å². The number of carbonyl (C=O) groups is 1. The molecular formula is C17H17N7OS2. The average molecular weight is 400 g/mol. The number of amides is 1. The minimum absolute atomic E-state index is 0.0539. The van der Waals surface area contributed by atoms with Gasteiger partial charge in [0.25, 0.3) is 0 Å². The number of nitrogens with two attached hydrogens (primary N) is 1. The molecule has 138 valence electrons. The quantitative estimate of drug-likeness (QED) is 0.380. The number of nitrogens with zero attached hydrogens (tertiary/aromatic N) is 5. The van der Waals surface area contributed by atoms with E-state index in [0.29, 0.717) is 16.7 Å². The smallest absolute Gasteiger partial charge is 0.249 e. The van der Waals surface area contributed by atoms with Crippen LogP contribution in [-0.4, -0.2) is 36.5 Å². The Bertz CT molecular complexity index is 931. The zero-order valence-electron chi connectivity index (χ0n) is 14.4. The van der Waals surface area contributed by atoms with Crippen LogP contribution in [0.1, 0.15) is 0 Å². The van der Waals surface area contributed by atoms with Gasteiger partial charge in [0.05, 0.1) is 11.4 Å². The Morgan fingerprint density at radius 3 is 2.59 bits per heavy atom. The summed E-state index contributed by atoms with van der Waals surface area (Å²) >= 11 is 6.29. The van der Waals surface area contributed by atoms with Crippen LogP contribution in [0, 0.1) is 0 Å². The number of anilines is 1. The van der Waals surface area contributed by atoms with Gasteiger partial charge < -0.3 is 10.3 Å². The lowest BCUT2D eigenvalue weighted by Crippen LogP contribution is -2.49. The zero-order chi connectivity index (χ0) is 19.2. The average Bonchev–Trinajstić information content (AvgIpc) is 3.06. The molecule has 1 amide bonds. The molecule has 0 atom stereocenters. The van der Waals surface area contributed by atoms with Crippen LogP contribution in [0.3, 0.4) is 0 Å². The van der Waals surface area contributed by atoms with Gasteiger partial charge in [-0.15, -0.1) is 10.2 Å². The number of hydrogen-bond donors (Lipinski definition) is 2. The monoisotopic (exact) mass is 399 g/mol. The Labute approximate surface area is 165 Å². The molecule has 0 saturated heterocycles. The summed E-state index contributed by atoms with van der Waals surface area (Å²) in [5.74, 6) is 0.577. The fourth-order valence-corrected chi connectivity index (χ4v) is 3.16. The van der Waals surface area contributed by atoms with Crippen LogP contribution in [0.4, 0.5) is 5.69 Å². The molecule has 0 aliphatic carbocycles. The largest absolute Gasteiger partial charge is 0.374 e. The van der Waals surface area contributed by atoms with E-state index in [1.165, 1.54) is 16.8 Å². The molecule has 10 heteroatoms. The topological polar surface area (TPSA) is 102 Å². The number of hydrazine groups is 1. The molecule has 0 radical (unpaired) electrons. The molecule has 27 heavy (non-hydrogen) atoms. The van der Waals surface area contributed by atoms with Crippen LogP contribution in [0.2, 0.25) is 0 Å². The summed E-state index contributed by atoms with van der Waals surface area (Å²) in [5, 5.41) is 10.4. The van der Waals surface area contributed by atoms with E-state index >= 15 is 0 Å². The Morgan fingerprint density at radius 1 is 1.22 bits per heavy atom. The second-order valence-corrected chi connectivity index (χ2v) is 6.79. The highest BCUT2D eigenvalue weighted by atomic mass is 32.2. The highest BCUT2D eigenvalue weighted by Gasteiger charge is 2.16. The molecule has 1 aromatic carbocycles. The van der Waals surface area contributed by atoms with Gasteiger partial charge in [-0.2, -0.15) is 0 Å². The third-order valence-electron chi connectivity index (χ3n) is 3.58. The lowest BCUT2D eigenvalue weighted by atomic mass is 10.2. The third kappa shape index (κ3) is 4.60. The van der Waals surface area contributed by atoms with Gasteiger partial charge in [0, 0.05) is 25.0 Å². The molecular weight excluding hydrogens is 382 g/mol. The molecule has 0 aliphatic rings. The molecule has 3 rings (SSSR count). The fraction of sp³-hybridized carbons (Fsp3) is 0.118. The van der Waals surface area contributed by atoms with Crippen LogP contribution >= 0.6 is 24.0 Å². The number of aromatic nitrogens is 4. The Balaban J connectivity index is 1.64. The maximum Gasteiger partial charge on any atom is 0.249 e. The minimum Gasteiger partial charge on any atom is -0.374 e. The number of carbonyl (C=O) groups excluding carboxylic acids is 1. The maximum atomic E-state index is 12.3. The van der Waals surface area contributed by atoms with Crippen LogP contribution in [0.25, 0.3) is 11.4 Å². The second kappa shape index (κ2) is 8.60. The van der Waals surface area contributed by atoms with Gasteiger partial charge in [0.2, 0.25) is 5.91 Å². The Kier molecular flexibility index (Phi) is 5.99. The maximum absolute atomic E-state index is 12.3. The number of nitrogens with one attached hydrogen (secondary N) is 1. The molecule has 2 heterocycles. The molecule has 0 unspecified atom stereocenters. The van der Waals surface area contributed by atoms with Crippen molar-refractivity contribution in [3.05, 3.63) is 54.9 Å². The van der Waals surface area contributed by atoms with E-state index in [4.69, 9.17) is 18.0 Å². The van der Waals surface area contributed by atoms with Gasteiger partial charge in [-0.1, -0.05) is 30.0 Å². The van der Waals surface area contributed by atoms with E-state index in [2.05, 4.69) is 20.6 Å². The zero-order valence-corrected chi connectivity index (χ0v) is 16.1. The molecule has 2 aromatic heterocycles. The number of hydrogen-bond acceptors (Lipinski definition) is 6. The lowest BCUT2D eigenvalue weighted by Gasteiger charge is -2.23. The van der Waals surface area contributed by atoms with Gasteiger partial charge in [-0.05, 0) is 36.5 Å². The van der Waals surface area contributed by atoms with E-state index in [1.54, 1.807) is 24.5 Å². The van der Waals surface area contributed by atoms with Crippen molar-refractivity contribution >= 4 is 40.7 Å². The number of benzene rings is 1. The number of para-hydroxylation sites is 1. The van der Waals surface area contributed by atoms with E-state index in [-0.39, 0.29) is 16.8 Å². The highest BCUT2D eigenvalue weighted by molar-refractivity contribution is 7.99. The van der Waals surface area contributed by atoms with Gasteiger partial charge in [0.1, 0.15) is 0 Å². The molecule has 0 fully saturated rings. The second-order valence-electron chi connectivity index (χ2n) is 5.43. The molecule has 3 N–H and O–H groups in total. The van der Waals surface area contributed by atoms with E-state index in [1.807, 2.05) is 41.9 Å². The standard InChI is InChI=1S/C17H17N7OS2/c1-23-15(12-7-9-19-10-8-12)20-21-17(23)27-11-14(25)22-24(16(18)26)13-5-3-2-4-6-13/h2-10H,11H2,1H3,(H2,18,26)(H,22,25). The third-order valence-corrected chi connectivity index (χ3v) is 4.78.